The number of imide groups is 1. The highest BCUT2D eigenvalue weighted by atomic mass is 16.5. The van der Waals surface area contributed by atoms with Crippen molar-refractivity contribution in [1.29, 1.82) is 0 Å². The van der Waals surface area contributed by atoms with Gasteiger partial charge in [0.1, 0.15) is 6.04 Å². The Morgan fingerprint density at radius 2 is 2.12 bits per heavy atom. The van der Waals surface area contributed by atoms with Gasteiger partial charge in [-0.2, -0.15) is 0 Å². The van der Waals surface area contributed by atoms with Gasteiger partial charge in [-0.1, -0.05) is 13.8 Å². The van der Waals surface area contributed by atoms with Crippen molar-refractivity contribution in [3.05, 3.63) is 0 Å². The molecular formula is C11H18N2O4. The van der Waals surface area contributed by atoms with Crippen LogP contribution in [0.3, 0.4) is 0 Å². The minimum absolute atomic E-state index is 0.111. The van der Waals surface area contributed by atoms with Crippen molar-refractivity contribution < 1.29 is 19.1 Å². The van der Waals surface area contributed by atoms with Crippen LogP contribution in [-0.2, 0) is 19.1 Å². The van der Waals surface area contributed by atoms with E-state index in [-0.39, 0.29) is 31.4 Å². The monoisotopic (exact) mass is 242 g/mol. The van der Waals surface area contributed by atoms with E-state index >= 15 is 0 Å². The number of nitrogens with two attached hydrogens (primary N) is 1. The Morgan fingerprint density at radius 1 is 1.53 bits per heavy atom. The number of rotatable bonds is 4. The van der Waals surface area contributed by atoms with Gasteiger partial charge in [0.15, 0.2) is 0 Å². The van der Waals surface area contributed by atoms with E-state index < -0.39 is 17.4 Å². The number of hydrogen-bond acceptors (Lipinski definition) is 5. The molecule has 1 rings (SSSR count). The van der Waals surface area contributed by atoms with Gasteiger partial charge in [-0.05, 0) is 6.92 Å². The van der Waals surface area contributed by atoms with E-state index in [1.165, 1.54) is 0 Å². The Labute approximate surface area is 100 Å². The van der Waals surface area contributed by atoms with Crippen LogP contribution in [0.4, 0.5) is 0 Å². The normalized spacial score (nSPS) is 20.6. The van der Waals surface area contributed by atoms with Crippen LogP contribution in [0.2, 0.25) is 0 Å². The molecule has 1 heterocycles. The summed E-state index contributed by atoms with van der Waals surface area (Å²) in [5.74, 6) is -1.18. The van der Waals surface area contributed by atoms with Crippen molar-refractivity contribution in [1.82, 2.24) is 4.90 Å². The highest BCUT2D eigenvalue weighted by molar-refractivity contribution is 6.05. The average molecular weight is 242 g/mol. The molecule has 1 fully saturated rings. The van der Waals surface area contributed by atoms with Crippen molar-refractivity contribution in [2.45, 2.75) is 33.2 Å². The molecule has 6 heteroatoms. The van der Waals surface area contributed by atoms with Crippen molar-refractivity contribution >= 4 is 17.8 Å². The number of carbonyl (C=O) groups is 3. The van der Waals surface area contributed by atoms with Crippen molar-refractivity contribution in [2.75, 3.05) is 13.2 Å². The first-order valence-electron chi connectivity index (χ1n) is 5.56. The highest BCUT2D eigenvalue weighted by Gasteiger charge is 2.45. The molecule has 0 aromatic carbocycles. The third kappa shape index (κ3) is 2.82. The first kappa shape index (κ1) is 13.6. The van der Waals surface area contributed by atoms with Crippen LogP contribution in [0, 0.1) is 5.41 Å². The largest absolute Gasteiger partial charge is 0.465 e. The summed E-state index contributed by atoms with van der Waals surface area (Å²) >= 11 is 0. The van der Waals surface area contributed by atoms with Gasteiger partial charge in [0.05, 0.1) is 18.6 Å². The molecule has 1 unspecified atom stereocenters. The van der Waals surface area contributed by atoms with Crippen molar-refractivity contribution in [3.8, 4) is 0 Å². The molecule has 0 bridgehead atoms. The number of amides is 2. The predicted octanol–water partition coefficient (Wildman–Crippen LogP) is -0.338. The molecule has 1 atom stereocenters. The van der Waals surface area contributed by atoms with Gasteiger partial charge in [0, 0.05) is 6.42 Å². The van der Waals surface area contributed by atoms with Crippen LogP contribution >= 0.6 is 0 Å². The van der Waals surface area contributed by atoms with E-state index in [1.54, 1.807) is 20.8 Å². The lowest BCUT2D eigenvalue weighted by Crippen LogP contribution is -2.46. The molecule has 0 aromatic rings. The lowest BCUT2D eigenvalue weighted by molar-refractivity contribution is -0.147. The molecule has 0 saturated carbocycles. The van der Waals surface area contributed by atoms with Crippen LogP contribution in [0.25, 0.3) is 0 Å². The number of nitrogens with zero attached hydrogens (tertiary/aromatic N) is 1. The van der Waals surface area contributed by atoms with Crippen LogP contribution in [0.1, 0.15) is 27.2 Å². The predicted molar refractivity (Wildman–Crippen MR) is 59.7 cm³/mol. The Bertz CT molecular complexity index is 351. The molecule has 0 radical (unpaired) electrons. The first-order valence-corrected chi connectivity index (χ1v) is 5.56. The Balaban J connectivity index is 2.66. The van der Waals surface area contributed by atoms with Crippen LogP contribution in [-0.4, -0.2) is 41.9 Å². The molecule has 0 spiro atoms. The maximum atomic E-state index is 11.9. The zero-order chi connectivity index (χ0) is 13.2. The van der Waals surface area contributed by atoms with E-state index in [0.29, 0.717) is 0 Å². The van der Waals surface area contributed by atoms with E-state index in [9.17, 15) is 14.4 Å². The summed E-state index contributed by atoms with van der Waals surface area (Å²) in [6.07, 6.45) is 0.154. The molecule has 6 nitrogen and oxygen atoms in total. The fraction of sp³-hybridized carbons (Fsp3) is 0.727. The molecule has 1 aliphatic rings. The maximum Gasteiger partial charge on any atom is 0.324 e. The second kappa shape index (κ2) is 4.83. The van der Waals surface area contributed by atoms with E-state index in [1.807, 2.05) is 0 Å². The second-order valence-corrected chi connectivity index (χ2v) is 4.73. The summed E-state index contributed by atoms with van der Waals surface area (Å²) in [5.41, 5.74) is 4.87. The number of ether oxygens (including phenoxy) is 1. The Kier molecular flexibility index (Phi) is 3.87. The maximum absolute atomic E-state index is 11.9. The lowest BCUT2D eigenvalue weighted by Gasteiger charge is -2.20. The SMILES string of the molecule is CCOC(=O)C(N)CN1C(=O)CC(C)(C)C1=O. The summed E-state index contributed by atoms with van der Waals surface area (Å²) in [5, 5.41) is 0. The van der Waals surface area contributed by atoms with Crippen LogP contribution in [0.15, 0.2) is 0 Å². The second-order valence-electron chi connectivity index (χ2n) is 4.73. The van der Waals surface area contributed by atoms with Gasteiger partial charge < -0.3 is 10.5 Å². The molecule has 2 N–H and O–H groups in total. The van der Waals surface area contributed by atoms with Gasteiger partial charge in [0.25, 0.3) is 0 Å². The fourth-order valence-corrected chi connectivity index (χ4v) is 1.73. The van der Waals surface area contributed by atoms with Crippen LogP contribution < -0.4 is 5.73 Å². The molecule has 1 saturated heterocycles. The van der Waals surface area contributed by atoms with Gasteiger partial charge in [-0.25, -0.2) is 0 Å². The lowest BCUT2D eigenvalue weighted by atomic mass is 9.92. The number of hydrogen-bond donors (Lipinski definition) is 1. The standard InChI is InChI=1S/C11H18N2O4/c1-4-17-9(15)7(12)6-13-8(14)5-11(2,3)10(13)16/h7H,4-6,12H2,1-3H3. The number of likely N-dealkylation sites (tertiary alicyclic amines) is 1. The minimum atomic E-state index is -0.975. The van der Waals surface area contributed by atoms with Gasteiger partial charge in [-0.15, -0.1) is 0 Å². The van der Waals surface area contributed by atoms with Crippen molar-refractivity contribution in [2.24, 2.45) is 11.1 Å². The molecule has 17 heavy (non-hydrogen) atoms. The van der Waals surface area contributed by atoms with Crippen molar-refractivity contribution in [3.63, 3.8) is 0 Å². The topological polar surface area (TPSA) is 89.7 Å². The minimum Gasteiger partial charge on any atom is -0.465 e. The molecule has 1 aliphatic heterocycles. The smallest absolute Gasteiger partial charge is 0.324 e. The van der Waals surface area contributed by atoms with E-state index in [0.717, 1.165) is 4.90 Å². The molecular weight excluding hydrogens is 224 g/mol. The first-order chi connectivity index (χ1) is 7.79. The van der Waals surface area contributed by atoms with Crippen LogP contribution in [0.5, 0.6) is 0 Å². The van der Waals surface area contributed by atoms with Gasteiger partial charge in [0.2, 0.25) is 11.8 Å². The molecule has 96 valence electrons. The summed E-state index contributed by atoms with van der Waals surface area (Å²) in [6, 6.07) is -0.975. The summed E-state index contributed by atoms with van der Waals surface area (Å²) in [6.45, 7) is 5.17. The summed E-state index contributed by atoms with van der Waals surface area (Å²) in [4.78, 5) is 35.8. The quantitative estimate of drug-likeness (QED) is 0.538. The van der Waals surface area contributed by atoms with E-state index in [2.05, 4.69) is 0 Å². The van der Waals surface area contributed by atoms with Gasteiger partial charge >= 0.3 is 5.97 Å². The molecule has 2 amide bonds. The summed E-state index contributed by atoms with van der Waals surface area (Å²) < 4.78 is 4.72. The van der Waals surface area contributed by atoms with Gasteiger partial charge in [-0.3, -0.25) is 19.3 Å². The third-order valence-electron chi connectivity index (χ3n) is 2.69. The average Bonchev–Trinajstić information content (AvgIpc) is 2.41. The Morgan fingerprint density at radius 3 is 2.53 bits per heavy atom. The highest BCUT2D eigenvalue weighted by Crippen LogP contribution is 2.31. The Hall–Kier alpha value is -1.43. The molecule has 0 aromatic heterocycles. The fourth-order valence-electron chi connectivity index (χ4n) is 1.73. The summed E-state index contributed by atoms with van der Waals surface area (Å²) in [7, 11) is 0. The van der Waals surface area contributed by atoms with E-state index in [4.69, 9.17) is 10.5 Å². The zero-order valence-electron chi connectivity index (χ0n) is 10.4. The third-order valence-corrected chi connectivity index (χ3v) is 2.69. The number of esters is 1. The molecule has 0 aliphatic carbocycles. The zero-order valence-corrected chi connectivity index (χ0v) is 10.4. The number of carbonyl (C=O) groups excluding carboxylic acids is 3.